The van der Waals surface area contributed by atoms with Crippen LogP contribution in [0.1, 0.15) is 17.5 Å². The number of amides is 2. The van der Waals surface area contributed by atoms with E-state index in [9.17, 15) is 14.7 Å². The molecule has 0 unspecified atom stereocenters. The second-order valence-corrected chi connectivity index (χ2v) is 7.73. The first kappa shape index (κ1) is 22.5. The van der Waals surface area contributed by atoms with Crippen LogP contribution in [0.15, 0.2) is 67.0 Å². The lowest BCUT2D eigenvalue weighted by molar-refractivity contribution is -0.162. The number of nitrogens with one attached hydrogen (secondary N) is 1. The highest BCUT2D eigenvalue weighted by atomic mass is 16.5. The summed E-state index contributed by atoms with van der Waals surface area (Å²) in [7, 11) is 1.86. The molecule has 2 N–H and O–H groups in total. The lowest BCUT2D eigenvalue weighted by Crippen LogP contribution is -2.52. The predicted octanol–water partition coefficient (Wildman–Crippen LogP) is 1.90. The standard InChI is InChI=1S/C24H26N4O5/c1-27-12-11-25-21(27)13-28-20(14-29)24(33-16-23(28)31)17-7-9-18(10-8-17)26-22(30)15-32-19-5-3-2-4-6-19/h2-12,20,24,29H,13-16H2,1H3,(H,26,30)/t20-,24-/m1/s1. The molecule has 9 nitrogen and oxygen atoms in total. The third-order valence-electron chi connectivity index (χ3n) is 5.51. The van der Waals surface area contributed by atoms with Gasteiger partial charge in [-0.05, 0) is 29.8 Å². The molecule has 33 heavy (non-hydrogen) atoms. The second kappa shape index (κ2) is 10.3. The number of hydrogen-bond acceptors (Lipinski definition) is 6. The maximum atomic E-state index is 12.5. The van der Waals surface area contributed by atoms with Gasteiger partial charge in [0.15, 0.2) is 6.61 Å². The van der Waals surface area contributed by atoms with Crippen LogP contribution in [0.5, 0.6) is 5.75 Å². The Morgan fingerprint density at radius 3 is 2.64 bits per heavy atom. The minimum absolute atomic E-state index is 0.0824. The highest BCUT2D eigenvalue weighted by Gasteiger charge is 2.37. The molecular weight excluding hydrogens is 424 g/mol. The normalized spacial score (nSPS) is 18.2. The lowest BCUT2D eigenvalue weighted by atomic mass is 9.99. The quantitative estimate of drug-likeness (QED) is 0.543. The van der Waals surface area contributed by atoms with Gasteiger partial charge in [-0.15, -0.1) is 0 Å². The summed E-state index contributed by atoms with van der Waals surface area (Å²) in [5, 5.41) is 12.9. The topological polar surface area (TPSA) is 106 Å². The molecule has 2 amide bonds. The summed E-state index contributed by atoms with van der Waals surface area (Å²) in [6.45, 7) is -0.158. The SMILES string of the molecule is Cn1ccnc1CN1C(=O)CO[C@H](c2ccc(NC(=O)COc3ccccc3)cc2)[C@H]1CO. The van der Waals surface area contributed by atoms with Gasteiger partial charge in [-0.3, -0.25) is 9.59 Å². The predicted molar refractivity (Wildman–Crippen MR) is 120 cm³/mol. The Kier molecular flexibility index (Phi) is 7.01. The number of carbonyl (C=O) groups is 2. The van der Waals surface area contributed by atoms with Crippen molar-refractivity contribution in [2.24, 2.45) is 7.05 Å². The molecule has 2 aromatic carbocycles. The molecule has 0 bridgehead atoms. The number of benzene rings is 2. The van der Waals surface area contributed by atoms with Crippen molar-refractivity contribution >= 4 is 17.5 Å². The van der Waals surface area contributed by atoms with Gasteiger partial charge in [-0.25, -0.2) is 4.98 Å². The molecule has 2 atom stereocenters. The number of imidazole rings is 1. The molecule has 172 valence electrons. The van der Waals surface area contributed by atoms with Crippen LogP contribution in [0, 0.1) is 0 Å². The first-order valence-corrected chi connectivity index (χ1v) is 10.6. The van der Waals surface area contributed by atoms with Crippen molar-refractivity contribution in [3.63, 3.8) is 0 Å². The van der Waals surface area contributed by atoms with E-state index in [0.717, 1.165) is 11.4 Å². The van der Waals surface area contributed by atoms with E-state index in [0.29, 0.717) is 11.4 Å². The molecule has 3 aromatic rings. The van der Waals surface area contributed by atoms with Crippen LogP contribution in [0.25, 0.3) is 0 Å². The Labute approximate surface area is 191 Å². The van der Waals surface area contributed by atoms with Crippen LogP contribution in [0.2, 0.25) is 0 Å². The fourth-order valence-electron chi connectivity index (χ4n) is 3.74. The zero-order valence-electron chi connectivity index (χ0n) is 18.3. The monoisotopic (exact) mass is 450 g/mol. The van der Waals surface area contributed by atoms with Crippen molar-refractivity contribution in [3.05, 3.63) is 78.4 Å². The van der Waals surface area contributed by atoms with Crippen LogP contribution in [0.4, 0.5) is 5.69 Å². The zero-order valence-corrected chi connectivity index (χ0v) is 18.3. The smallest absolute Gasteiger partial charge is 0.262 e. The highest BCUT2D eigenvalue weighted by Crippen LogP contribution is 2.30. The van der Waals surface area contributed by atoms with Gasteiger partial charge < -0.3 is 29.4 Å². The van der Waals surface area contributed by atoms with Crippen LogP contribution in [0.3, 0.4) is 0 Å². The van der Waals surface area contributed by atoms with Gasteiger partial charge in [-0.2, -0.15) is 0 Å². The summed E-state index contributed by atoms with van der Waals surface area (Å²) in [5.74, 6) is 0.867. The number of morpholine rings is 1. The molecule has 2 heterocycles. The average Bonchev–Trinajstić information content (AvgIpc) is 3.24. The van der Waals surface area contributed by atoms with Gasteiger partial charge in [-0.1, -0.05) is 30.3 Å². The van der Waals surface area contributed by atoms with E-state index in [1.807, 2.05) is 48.1 Å². The summed E-state index contributed by atoms with van der Waals surface area (Å²) in [4.78, 5) is 30.6. The number of ether oxygens (including phenoxy) is 2. The largest absolute Gasteiger partial charge is 0.484 e. The van der Waals surface area contributed by atoms with Crippen LogP contribution in [-0.4, -0.2) is 57.2 Å². The van der Waals surface area contributed by atoms with E-state index < -0.39 is 12.1 Å². The Balaban J connectivity index is 1.40. The van der Waals surface area contributed by atoms with Crippen LogP contribution < -0.4 is 10.1 Å². The number of carbonyl (C=O) groups excluding carboxylic acids is 2. The molecular formula is C24H26N4O5. The fourth-order valence-corrected chi connectivity index (χ4v) is 3.74. The molecule has 0 spiro atoms. The molecule has 1 saturated heterocycles. The van der Waals surface area contributed by atoms with Gasteiger partial charge in [0.2, 0.25) is 5.91 Å². The number of rotatable bonds is 8. The summed E-state index contributed by atoms with van der Waals surface area (Å²) in [5.41, 5.74) is 1.41. The number of aliphatic hydroxyl groups excluding tert-OH is 1. The molecule has 9 heteroatoms. The summed E-state index contributed by atoms with van der Waals surface area (Å²) in [6.07, 6.45) is 2.98. The third kappa shape index (κ3) is 5.39. The molecule has 0 radical (unpaired) electrons. The number of anilines is 1. The molecule has 1 fully saturated rings. The third-order valence-corrected chi connectivity index (χ3v) is 5.51. The number of aliphatic hydroxyl groups is 1. The van der Waals surface area contributed by atoms with Gasteiger partial charge in [0, 0.05) is 25.1 Å². The van der Waals surface area contributed by atoms with Gasteiger partial charge in [0.25, 0.3) is 5.91 Å². The van der Waals surface area contributed by atoms with E-state index in [4.69, 9.17) is 9.47 Å². The minimum atomic E-state index is -0.553. The summed E-state index contributed by atoms with van der Waals surface area (Å²) >= 11 is 0. The first-order chi connectivity index (χ1) is 16.0. The van der Waals surface area contributed by atoms with E-state index >= 15 is 0 Å². The zero-order chi connectivity index (χ0) is 23.2. The highest BCUT2D eigenvalue weighted by molar-refractivity contribution is 5.91. The van der Waals surface area contributed by atoms with Crippen molar-refractivity contribution in [3.8, 4) is 5.75 Å². The van der Waals surface area contributed by atoms with Crippen molar-refractivity contribution < 1.29 is 24.2 Å². The Morgan fingerprint density at radius 1 is 1.21 bits per heavy atom. The van der Waals surface area contributed by atoms with Gasteiger partial charge in [0.1, 0.15) is 24.3 Å². The van der Waals surface area contributed by atoms with Crippen molar-refractivity contribution in [1.82, 2.24) is 14.5 Å². The fraction of sp³-hybridized carbons (Fsp3) is 0.292. The first-order valence-electron chi connectivity index (χ1n) is 10.6. The second-order valence-electron chi connectivity index (χ2n) is 7.73. The Morgan fingerprint density at radius 2 is 1.97 bits per heavy atom. The van der Waals surface area contributed by atoms with Crippen LogP contribution in [-0.2, 0) is 27.9 Å². The number of aryl methyl sites for hydroxylation is 1. The maximum Gasteiger partial charge on any atom is 0.262 e. The van der Waals surface area contributed by atoms with Crippen molar-refractivity contribution in [2.45, 2.75) is 18.7 Å². The Hall–Kier alpha value is -3.69. The number of hydrogen-bond donors (Lipinski definition) is 2. The molecule has 1 aliphatic heterocycles. The minimum Gasteiger partial charge on any atom is -0.484 e. The number of aromatic nitrogens is 2. The van der Waals surface area contributed by atoms with Gasteiger partial charge in [0.05, 0.1) is 19.2 Å². The lowest BCUT2D eigenvalue weighted by Gasteiger charge is -2.40. The number of para-hydroxylation sites is 1. The summed E-state index contributed by atoms with van der Waals surface area (Å²) < 4.78 is 13.1. The molecule has 1 aliphatic rings. The Bertz CT molecular complexity index is 1080. The average molecular weight is 450 g/mol. The van der Waals surface area contributed by atoms with Crippen molar-refractivity contribution in [2.75, 3.05) is 25.1 Å². The number of nitrogens with zero attached hydrogens (tertiary/aromatic N) is 3. The van der Waals surface area contributed by atoms with E-state index in [-0.39, 0.29) is 38.2 Å². The van der Waals surface area contributed by atoms with E-state index in [1.165, 1.54) is 0 Å². The van der Waals surface area contributed by atoms with Gasteiger partial charge >= 0.3 is 0 Å². The van der Waals surface area contributed by atoms with Crippen LogP contribution >= 0.6 is 0 Å². The molecule has 4 rings (SSSR count). The van der Waals surface area contributed by atoms with E-state index in [1.54, 1.807) is 35.4 Å². The summed E-state index contributed by atoms with van der Waals surface area (Å²) in [6, 6.07) is 15.7. The van der Waals surface area contributed by atoms with E-state index in [2.05, 4.69) is 10.3 Å². The maximum absolute atomic E-state index is 12.5. The molecule has 0 aliphatic carbocycles. The molecule has 0 saturated carbocycles. The molecule has 1 aromatic heterocycles. The van der Waals surface area contributed by atoms with Crippen molar-refractivity contribution in [1.29, 1.82) is 0 Å².